The maximum atomic E-state index is 8.70. The van der Waals surface area contributed by atoms with Gasteiger partial charge in [0.05, 0.1) is 17.3 Å². The second-order valence-electron chi connectivity index (χ2n) is 3.09. The van der Waals surface area contributed by atoms with Crippen molar-refractivity contribution in [1.29, 1.82) is 5.26 Å². The molecule has 0 radical (unpaired) electrons. The summed E-state index contributed by atoms with van der Waals surface area (Å²) in [4.78, 5) is 4.30. The Labute approximate surface area is 81.5 Å². The lowest BCUT2D eigenvalue weighted by molar-refractivity contribution is 1.37. The third kappa shape index (κ3) is 1.32. The van der Waals surface area contributed by atoms with Crippen LogP contribution in [0.25, 0.3) is 0 Å². The molecule has 2 nitrogen and oxygen atoms in total. The van der Waals surface area contributed by atoms with Gasteiger partial charge in [-0.05, 0) is 19.1 Å². The summed E-state index contributed by atoms with van der Waals surface area (Å²) in [5.74, 6) is 0. The van der Waals surface area contributed by atoms with Gasteiger partial charge in [0.15, 0.2) is 0 Å². The smallest absolute Gasteiger partial charge is 0.0992 e. The summed E-state index contributed by atoms with van der Waals surface area (Å²) in [6, 6.07) is 5.52. The number of nitriles is 1. The molecular formula is C10H7ClN2. The van der Waals surface area contributed by atoms with E-state index in [-0.39, 0.29) is 0 Å². The van der Waals surface area contributed by atoms with Crippen molar-refractivity contribution in [2.45, 2.75) is 13.3 Å². The van der Waals surface area contributed by atoms with Gasteiger partial charge >= 0.3 is 0 Å². The van der Waals surface area contributed by atoms with Gasteiger partial charge in [0, 0.05) is 22.7 Å². The highest BCUT2D eigenvalue weighted by Crippen LogP contribution is 2.33. The van der Waals surface area contributed by atoms with Crippen molar-refractivity contribution < 1.29 is 0 Å². The standard InChI is InChI=1S/C10H7ClN2/c1-6-2-8-9(11)3-7(5-12)4-10(8)13-6/h3-4H,2H2,1H3. The Hall–Kier alpha value is -1.33. The molecule has 13 heavy (non-hydrogen) atoms. The molecule has 0 amide bonds. The number of halogens is 1. The van der Waals surface area contributed by atoms with Crippen LogP contribution in [0.1, 0.15) is 18.1 Å². The summed E-state index contributed by atoms with van der Waals surface area (Å²) in [6.07, 6.45) is 0.805. The minimum atomic E-state index is 0.571. The van der Waals surface area contributed by atoms with Crippen molar-refractivity contribution in [2.24, 2.45) is 4.99 Å². The van der Waals surface area contributed by atoms with Gasteiger partial charge in [-0.25, -0.2) is 0 Å². The average Bonchev–Trinajstić information content (AvgIpc) is 2.46. The molecule has 1 aliphatic rings. The van der Waals surface area contributed by atoms with Crippen molar-refractivity contribution in [3.05, 3.63) is 28.3 Å². The monoisotopic (exact) mass is 190 g/mol. The molecule has 1 aromatic carbocycles. The third-order valence-electron chi connectivity index (χ3n) is 2.04. The Kier molecular flexibility index (Phi) is 1.82. The van der Waals surface area contributed by atoms with Gasteiger partial charge in [0.2, 0.25) is 0 Å². The molecule has 0 aliphatic carbocycles. The highest BCUT2D eigenvalue weighted by Gasteiger charge is 2.15. The lowest BCUT2D eigenvalue weighted by atomic mass is 10.1. The zero-order valence-electron chi connectivity index (χ0n) is 7.13. The second-order valence-corrected chi connectivity index (χ2v) is 3.50. The highest BCUT2D eigenvalue weighted by molar-refractivity contribution is 6.32. The predicted octanol–water partition coefficient (Wildman–Crippen LogP) is 2.86. The van der Waals surface area contributed by atoms with E-state index in [2.05, 4.69) is 11.1 Å². The summed E-state index contributed by atoms with van der Waals surface area (Å²) in [5, 5.41) is 9.35. The molecular weight excluding hydrogens is 184 g/mol. The van der Waals surface area contributed by atoms with E-state index in [1.807, 2.05) is 6.92 Å². The van der Waals surface area contributed by atoms with Gasteiger partial charge < -0.3 is 0 Å². The van der Waals surface area contributed by atoms with Crippen molar-refractivity contribution >= 4 is 23.0 Å². The topological polar surface area (TPSA) is 36.1 Å². The van der Waals surface area contributed by atoms with Crippen LogP contribution < -0.4 is 0 Å². The van der Waals surface area contributed by atoms with E-state index in [0.29, 0.717) is 10.6 Å². The Morgan fingerprint density at radius 2 is 2.31 bits per heavy atom. The summed E-state index contributed by atoms with van der Waals surface area (Å²) < 4.78 is 0. The molecule has 1 heterocycles. The fraction of sp³-hybridized carbons (Fsp3) is 0.200. The minimum absolute atomic E-state index is 0.571. The molecule has 0 atom stereocenters. The molecule has 0 saturated carbocycles. The summed E-state index contributed by atoms with van der Waals surface area (Å²) in [7, 11) is 0. The maximum absolute atomic E-state index is 8.70. The van der Waals surface area contributed by atoms with Crippen LogP contribution in [0.15, 0.2) is 17.1 Å². The quantitative estimate of drug-likeness (QED) is 0.620. The first-order valence-electron chi connectivity index (χ1n) is 3.97. The molecule has 0 unspecified atom stereocenters. The maximum Gasteiger partial charge on any atom is 0.0992 e. The van der Waals surface area contributed by atoms with Crippen LogP contribution in [0.2, 0.25) is 5.02 Å². The number of hydrogen-bond donors (Lipinski definition) is 0. The van der Waals surface area contributed by atoms with Gasteiger partial charge in [-0.3, -0.25) is 4.99 Å². The fourth-order valence-electron chi connectivity index (χ4n) is 1.46. The number of nitrogens with zero attached hydrogens (tertiary/aromatic N) is 2. The fourth-order valence-corrected chi connectivity index (χ4v) is 1.74. The summed E-state index contributed by atoms with van der Waals surface area (Å²) in [6.45, 7) is 1.96. The van der Waals surface area contributed by atoms with E-state index in [1.54, 1.807) is 12.1 Å². The first-order chi connectivity index (χ1) is 6.20. The molecule has 64 valence electrons. The van der Waals surface area contributed by atoms with Crippen LogP contribution in [0.3, 0.4) is 0 Å². The number of benzene rings is 1. The van der Waals surface area contributed by atoms with Crippen LogP contribution >= 0.6 is 11.6 Å². The zero-order chi connectivity index (χ0) is 9.42. The number of aliphatic imine (C=N–C) groups is 1. The second kappa shape index (κ2) is 2.86. The molecule has 0 fully saturated rings. The molecule has 3 heteroatoms. The summed E-state index contributed by atoms with van der Waals surface area (Å²) >= 11 is 5.99. The number of fused-ring (bicyclic) bond motifs is 1. The van der Waals surface area contributed by atoms with Crippen LogP contribution in [-0.2, 0) is 6.42 Å². The molecule has 2 rings (SSSR count). The van der Waals surface area contributed by atoms with E-state index < -0.39 is 0 Å². The molecule has 0 bridgehead atoms. The molecule has 1 aromatic rings. The Morgan fingerprint density at radius 3 is 3.00 bits per heavy atom. The van der Waals surface area contributed by atoms with Crippen molar-refractivity contribution in [2.75, 3.05) is 0 Å². The highest BCUT2D eigenvalue weighted by atomic mass is 35.5. The first-order valence-corrected chi connectivity index (χ1v) is 4.35. The molecule has 0 saturated heterocycles. The van der Waals surface area contributed by atoms with Gasteiger partial charge in [-0.2, -0.15) is 5.26 Å². The Bertz CT molecular complexity index is 441. The lowest BCUT2D eigenvalue weighted by Crippen LogP contribution is -1.89. The predicted molar refractivity (Wildman–Crippen MR) is 52.6 cm³/mol. The first kappa shape index (κ1) is 8.28. The minimum Gasteiger partial charge on any atom is -0.257 e. The lowest BCUT2D eigenvalue weighted by Gasteiger charge is -2.00. The molecule has 0 N–H and O–H groups in total. The zero-order valence-corrected chi connectivity index (χ0v) is 7.89. The van der Waals surface area contributed by atoms with Gasteiger partial charge in [0.1, 0.15) is 0 Å². The molecule has 0 spiro atoms. The SMILES string of the molecule is CC1=Nc2cc(C#N)cc(Cl)c2C1. The molecule has 1 aliphatic heterocycles. The van der Waals surface area contributed by atoms with Crippen molar-refractivity contribution in [3.63, 3.8) is 0 Å². The van der Waals surface area contributed by atoms with Crippen LogP contribution in [-0.4, -0.2) is 5.71 Å². The largest absolute Gasteiger partial charge is 0.257 e. The van der Waals surface area contributed by atoms with E-state index in [9.17, 15) is 0 Å². The normalized spacial score (nSPS) is 13.5. The van der Waals surface area contributed by atoms with Crippen molar-refractivity contribution in [1.82, 2.24) is 0 Å². The number of hydrogen-bond acceptors (Lipinski definition) is 2. The summed E-state index contributed by atoms with van der Waals surface area (Å²) in [5.41, 5.74) is 3.51. The average molecular weight is 191 g/mol. The van der Waals surface area contributed by atoms with Crippen molar-refractivity contribution in [3.8, 4) is 6.07 Å². The van der Waals surface area contributed by atoms with Crippen LogP contribution in [0.4, 0.5) is 5.69 Å². The third-order valence-corrected chi connectivity index (χ3v) is 2.38. The molecule has 0 aromatic heterocycles. The number of rotatable bonds is 0. The Morgan fingerprint density at radius 1 is 1.54 bits per heavy atom. The van der Waals surface area contributed by atoms with Gasteiger partial charge in [-0.1, -0.05) is 11.6 Å². The van der Waals surface area contributed by atoms with Gasteiger partial charge in [0.25, 0.3) is 0 Å². The van der Waals surface area contributed by atoms with Gasteiger partial charge in [-0.15, -0.1) is 0 Å². The van der Waals surface area contributed by atoms with E-state index in [0.717, 1.165) is 23.4 Å². The van der Waals surface area contributed by atoms with E-state index in [1.165, 1.54) is 0 Å². The van der Waals surface area contributed by atoms with Crippen LogP contribution in [0, 0.1) is 11.3 Å². The van der Waals surface area contributed by atoms with E-state index in [4.69, 9.17) is 16.9 Å². The van der Waals surface area contributed by atoms with Crippen LogP contribution in [0.5, 0.6) is 0 Å². The van der Waals surface area contributed by atoms with E-state index >= 15 is 0 Å². The Balaban J connectivity index is 2.62.